The van der Waals surface area contributed by atoms with E-state index in [9.17, 15) is 5.11 Å². The molecule has 0 bridgehead atoms. The van der Waals surface area contributed by atoms with Gasteiger partial charge in [0.25, 0.3) is 0 Å². The zero-order valence-corrected chi connectivity index (χ0v) is 10.4. The highest BCUT2D eigenvalue weighted by Gasteiger charge is 2.24. The number of hydrogen-bond donors (Lipinski definition) is 2. The third kappa shape index (κ3) is 3.28. The van der Waals surface area contributed by atoms with E-state index in [0.717, 1.165) is 25.1 Å². The van der Waals surface area contributed by atoms with E-state index in [1.165, 1.54) is 0 Å². The number of benzene rings is 1. The van der Waals surface area contributed by atoms with Crippen molar-refractivity contribution in [1.29, 1.82) is 0 Å². The molecular weight excluding hydrogens is 212 g/mol. The predicted molar refractivity (Wildman–Crippen MR) is 69.6 cm³/mol. The Hall–Kier alpha value is -0.900. The quantitative estimate of drug-likeness (QED) is 0.831. The van der Waals surface area contributed by atoms with E-state index in [-0.39, 0.29) is 6.04 Å². The SMILES string of the molecule is CC1CCN(CC(O)c2ccccc2)CC1N. The van der Waals surface area contributed by atoms with Crippen LogP contribution in [-0.4, -0.2) is 35.7 Å². The fraction of sp³-hybridized carbons (Fsp3) is 0.571. The second-order valence-electron chi connectivity index (χ2n) is 5.12. The van der Waals surface area contributed by atoms with E-state index in [0.29, 0.717) is 12.5 Å². The van der Waals surface area contributed by atoms with Gasteiger partial charge in [0.2, 0.25) is 0 Å². The van der Waals surface area contributed by atoms with Crippen molar-refractivity contribution in [3.8, 4) is 0 Å². The number of likely N-dealkylation sites (tertiary alicyclic amines) is 1. The van der Waals surface area contributed by atoms with Crippen LogP contribution >= 0.6 is 0 Å². The Morgan fingerprint density at radius 2 is 2.12 bits per heavy atom. The van der Waals surface area contributed by atoms with E-state index in [1.807, 2.05) is 30.3 Å². The highest BCUT2D eigenvalue weighted by Crippen LogP contribution is 2.19. The highest BCUT2D eigenvalue weighted by atomic mass is 16.3. The number of aliphatic hydroxyl groups excluding tert-OH is 1. The molecule has 3 N–H and O–H groups in total. The summed E-state index contributed by atoms with van der Waals surface area (Å²) in [6.45, 7) is 4.82. The van der Waals surface area contributed by atoms with E-state index in [1.54, 1.807) is 0 Å². The molecule has 1 aliphatic rings. The number of nitrogens with zero attached hydrogens (tertiary/aromatic N) is 1. The molecule has 94 valence electrons. The first-order valence-corrected chi connectivity index (χ1v) is 6.38. The number of β-amino-alcohol motifs (C(OH)–C–C–N with tert-alkyl or cyclic N) is 1. The average Bonchev–Trinajstić information content (AvgIpc) is 2.35. The smallest absolute Gasteiger partial charge is 0.0916 e. The van der Waals surface area contributed by atoms with Crippen LogP contribution in [0, 0.1) is 5.92 Å². The van der Waals surface area contributed by atoms with Gasteiger partial charge >= 0.3 is 0 Å². The Labute approximate surface area is 103 Å². The van der Waals surface area contributed by atoms with E-state index in [4.69, 9.17) is 5.73 Å². The molecule has 0 aromatic heterocycles. The molecule has 1 aromatic carbocycles. The number of rotatable bonds is 3. The lowest BCUT2D eigenvalue weighted by molar-refractivity contribution is 0.0837. The van der Waals surface area contributed by atoms with Crippen LogP contribution < -0.4 is 5.73 Å². The molecule has 1 heterocycles. The Morgan fingerprint density at radius 3 is 2.76 bits per heavy atom. The first-order chi connectivity index (χ1) is 8.16. The van der Waals surface area contributed by atoms with Gasteiger partial charge in [0, 0.05) is 19.1 Å². The molecule has 0 radical (unpaired) electrons. The lowest BCUT2D eigenvalue weighted by Crippen LogP contribution is -2.48. The molecule has 0 saturated carbocycles. The normalized spacial score (nSPS) is 27.9. The predicted octanol–water partition coefficient (Wildman–Crippen LogP) is 1.39. The summed E-state index contributed by atoms with van der Waals surface area (Å²) in [5, 5.41) is 10.1. The zero-order valence-electron chi connectivity index (χ0n) is 10.4. The fourth-order valence-electron chi connectivity index (χ4n) is 2.36. The number of aliphatic hydroxyl groups is 1. The second-order valence-corrected chi connectivity index (χ2v) is 5.12. The van der Waals surface area contributed by atoms with Crippen LogP contribution in [0.25, 0.3) is 0 Å². The van der Waals surface area contributed by atoms with Crippen LogP contribution in [0.1, 0.15) is 25.0 Å². The minimum absolute atomic E-state index is 0.242. The van der Waals surface area contributed by atoms with Crippen LogP contribution in [0.15, 0.2) is 30.3 Å². The number of nitrogens with two attached hydrogens (primary N) is 1. The van der Waals surface area contributed by atoms with Crippen LogP contribution in [-0.2, 0) is 0 Å². The lowest BCUT2D eigenvalue weighted by Gasteiger charge is -2.36. The molecule has 1 saturated heterocycles. The van der Waals surface area contributed by atoms with Crippen molar-refractivity contribution in [2.45, 2.75) is 25.5 Å². The Morgan fingerprint density at radius 1 is 1.41 bits per heavy atom. The molecule has 3 nitrogen and oxygen atoms in total. The summed E-state index contributed by atoms with van der Waals surface area (Å²) in [6.07, 6.45) is 0.722. The zero-order chi connectivity index (χ0) is 12.3. The molecular formula is C14H22N2O. The minimum atomic E-state index is -0.406. The van der Waals surface area contributed by atoms with Crippen LogP contribution in [0.4, 0.5) is 0 Å². The topological polar surface area (TPSA) is 49.5 Å². The van der Waals surface area contributed by atoms with Crippen molar-refractivity contribution in [3.63, 3.8) is 0 Å². The first-order valence-electron chi connectivity index (χ1n) is 6.38. The molecule has 17 heavy (non-hydrogen) atoms. The summed E-state index contributed by atoms with van der Waals surface area (Å²) in [5.74, 6) is 0.597. The Kier molecular flexibility index (Phi) is 4.15. The molecule has 3 heteroatoms. The molecule has 1 aromatic rings. The van der Waals surface area contributed by atoms with Gasteiger partial charge in [-0.05, 0) is 24.4 Å². The van der Waals surface area contributed by atoms with Crippen molar-refractivity contribution < 1.29 is 5.11 Å². The van der Waals surface area contributed by atoms with E-state index in [2.05, 4.69) is 11.8 Å². The van der Waals surface area contributed by atoms with Crippen LogP contribution in [0.2, 0.25) is 0 Å². The van der Waals surface area contributed by atoms with Crippen molar-refractivity contribution in [2.24, 2.45) is 11.7 Å². The van der Waals surface area contributed by atoms with Crippen molar-refractivity contribution >= 4 is 0 Å². The summed E-state index contributed by atoms with van der Waals surface area (Å²) in [4.78, 5) is 2.27. The summed E-state index contributed by atoms with van der Waals surface area (Å²) >= 11 is 0. The molecule has 3 atom stereocenters. The van der Waals surface area contributed by atoms with Crippen molar-refractivity contribution in [3.05, 3.63) is 35.9 Å². The Bertz CT molecular complexity index is 341. The number of hydrogen-bond acceptors (Lipinski definition) is 3. The molecule has 1 aliphatic heterocycles. The van der Waals surface area contributed by atoms with Crippen molar-refractivity contribution in [2.75, 3.05) is 19.6 Å². The van der Waals surface area contributed by atoms with Gasteiger partial charge in [-0.1, -0.05) is 37.3 Å². The maximum Gasteiger partial charge on any atom is 0.0916 e. The average molecular weight is 234 g/mol. The molecule has 1 fully saturated rings. The Balaban J connectivity index is 1.89. The van der Waals surface area contributed by atoms with Gasteiger partial charge in [0.1, 0.15) is 0 Å². The standard InChI is InChI=1S/C14H22N2O/c1-11-7-8-16(9-13(11)15)10-14(17)12-5-3-2-4-6-12/h2-6,11,13-14,17H,7-10,15H2,1H3. The maximum atomic E-state index is 10.1. The van der Waals surface area contributed by atoms with Gasteiger partial charge in [0.15, 0.2) is 0 Å². The van der Waals surface area contributed by atoms with Gasteiger partial charge in [0.05, 0.1) is 6.10 Å². The highest BCUT2D eigenvalue weighted by molar-refractivity contribution is 5.17. The molecule has 3 unspecified atom stereocenters. The lowest BCUT2D eigenvalue weighted by atomic mass is 9.94. The molecule has 0 aliphatic carbocycles. The van der Waals surface area contributed by atoms with Gasteiger partial charge < -0.3 is 10.8 Å². The van der Waals surface area contributed by atoms with Gasteiger partial charge in [-0.15, -0.1) is 0 Å². The fourth-order valence-corrected chi connectivity index (χ4v) is 2.36. The van der Waals surface area contributed by atoms with E-state index >= 15 is 0 Å². The van der Waals surface area contributed by atoms with E-state index < -0.39 is 6.10 Å². The molecule has 0 spiro atoms. The van der Waals surface area contributed by atoms with Gasteiger partial charge in [-0.2, -0.15) is 0 Å². The minimum Gasteiger partial charge on any atom is -0.387 e. The second kappa shape index (κ2) is 5.63. The third-order valence-electron chi connectivity index (χ3n) is 3.72. The van der Waals surface area contributed by atoms with Crippen LogP contribution in [0.5, 0.6) is 0 Å². The first kappa shape index (κ1) is 12.6. The number of piperidine rings is 1. The molecule has 2 rings (SSSR count). The summed E-state index contributed by atoms with van der Waals surface area (Å²) in [6, 6.07) is 10.1. The summed E-state index contributed by atoms with van der Waals surface area (Å²) in [5.41, 5.74) is 7.05. The third-order valence-corrected chi connectivity index (χ3v) is 3.72. The summed E-state index contributed by atoms with van der Waals surface area (Å²) in [7, 11) is 0. The monoisotopic (exact) mass is 234 g/mol. The maximum absolute atomic E-state index is 10.1. The summed E-state index contributed by atoms with van der Waals surface area (Å²) < 4.78 is 0. The van der Waals surface area contributed by atoms with Crippen LogP contribution in [0.3, 0.4) is 0 Å². The largest absolute Gasteiger partial charge is 0.387 e. The van der Waals surface area contributed by atoms with Gasteiger partial charge in [-0.25, -0.2) is 0 Å². The van der Waals surface area contributed by atoms with Crippen molar-refractivity contribution in [1.82, 2.24) is 4.90 Å². The molecule has 0 amide bonds. The van der Waals surface area contributed by atoms with Gasteiger partial charge in [-0.3, -0.25) is 4.90 Å².